The van der Waals surface area contributed by atoms with Crippen molar-refractivity contribution in [1.29, 1.82) is 0 Å². The third kappa shape index (κ3) is 6.98. The van der Waals surface area contributed by atoms with Crippen LogP contribution in [0.3, 0.4) is 0 Å². The van der Waals surface area contributed by atoms with Crippen LogP contribution in [-0.4, -0.2) is 46.8 Å². The molecule has 1 heterocycles. The molecule has 0 aliphatic carbocycles. The number of sulfonamides is 1. The van der Waals surface area contributed by atoms with Crippen molar-refractivity contribution in [3.8, 4) is 0 Å². The van der Waals surface area contributed by atoms with Crippen LogP contribution in [0.4, 0.5) is 22.9 Å². The Morgan fingerprint density at radius 1 is 1.26 bits per heavy atom. The molecule has 188 valence electrons. The number of methoxy groups -OCH3 is 1. The van der Waals surface area contributed by atoms with Gasteiger partial charge in [-0.3, -0.25) is 13.9 Å². The molecule has 2 rings (SSSR count). The number of anilines is 4. The lowest BCUT2D eigenvalue weighted by Gasteiger charge is -2.23. The van der Waals surface area contributed by atoms with Crippen molar-refractivity contribution < 1.29 is 22.8 Å². The molecule has 0 spiro atoms. The molecule has 0 atom stereocenters. The van der Waals surface area contributed by atoms with Crippen molar-refractivity contribution in [2.24, 2.45) is 0 Å². The number of hydrogen-bond donors (Lipinski definition) is 3. The minimum absolute atomic E-state index is 0.137. The quantitative estimate of drug-likeness (QED) is 0.228. The fourth-order valence-electron chi connectivity index (χ4n) is 3.00. The minimum Gasteiger partial charge on any atom is -0.495 e. The van der Waals surface area contributed by atoms with E-state index in [-0.39, 0.29) is 16.3 Å². The zero-order valence-electron chi connectivity index (χ0n) is 20.0. The summed E-state index contributed by atoms with van der Waals surface area (Å²) in [7, 11) is 0.578. The second-order valence-electron chi connectivity index (χ2n) is 7.05. The molecule has 0 unspecified atom stereocenters. The molecular formula is C23H28ClN5O5S. The fourth-order valence-corrected chi connectivity index (χ4v) is 3.88. The van der Waals surface area contributed by atoms with Crippen LogP contribution < -0.4 is 20.4 Å². The molecule has 2 aromatic rings. The Bertz CT molecular complexity index is 1260. The van der Waals surface area contributed by atoms with E-state index in [4.69, 9.17) is 21.2 Å². The molecule has 3 N–H and O–H groups in total. The van der Waals surface area contributed by atoms with Gasteiger partial charge in [-0.25, -0.2) is 18.9 Å². The summed E-state index contributed by atoms with van der Waals surface area (Å²) in [6, 6.07) is 6.44. The van der Waals surface area contributed by atoms with Gasteiger partial charge in [-0.2, -0.15) is 0 Å². The van der Waals surface area contributed by atoms with Crippen molar-refractivity contribution in [2.45, 2.75) is 6.92 Å². The Morgan fingerprint density at radius 2 is 1.97 bits per heavy atom. The first-order valence-corrected chi connectivity index (χ1v) is 12.4. The van der Waals surface area contributed by atoms with Gasteiger partial charge < -0.3 is 15.4 Å². The predicted octanol–water partition coefficient (Wildman–Crippen LogP) is 4.20. The Hall–Kier alpha value is -3.54. The monoisotopic (exact) mass is 521 g/mol. The van der Waals surface area contributed by atoms with Crippen LogP contribution >= 0.6 is 11.6 Å². The molecule has 0 fully saturated rings. The van der Waals surface area contributed by atoms with E-state index in [9.17, 15) is 13.2 Å². The molecule has 0 saturated heterocycles. The van der Waals surface area contributed by atoms with E-state index in [0.29, 0.717) is 28.6 Å². The topological polar surface area (TPSA) is 122 Å². The number of ether oxygens (including phenoxy) is 1. The number of carbonyl (C=O) groups excluding carboxylic acids is 1. The van der Waals surface area contributed by atoms with Gasteiger partial charge in [0.1, 0.15) is 11.6 Å². The summed E-state index contributed by atoms with van der Waals surface area (Å²) in [5, 5.41) is 6.44. The fraction of sp³-hybridized carbons (Fsp3) is 0.217. The number of halogens is 1. The number of rotatable bonds is 11. The van der Waals surface area contributed by atoms with Crippen LogP contribution in [0.5, 0.6) is 0 Å². The number of hydroxylamine groups is 1. The second kappa shape index (κ2) is 12.2. The molecule has 35 heavy (non-hydrogen) atoms. The van der Waals surface area contributed by atoms with Crippen LogP contribution in [0.2, 0.25) is 5.02 Å². The summed E-state index contributed by atoms with van der Waals surface area (Å²) in [4.78, 5) is 21.7. The highest BCUT2D eigenvalue weighted by Crippen LogP contribution is 2.37. The lowest BCUT2D eigenvalue weighted by molar-refractivity contribution is 0.0538. The van der Waals surface area contributed by atoms with E-state index in [1.165, 1.54) is 27.5 Å². The van der Waals surface area contributed by atoms with Gasteiger partial charge >= 0.3 is 0 Å². The lowest BCUT2D eigenvalue weighted by Crippen LogP contribution is -2.26. The zero-order valence-corrected chi connectivity index (χ0v) is 21.6. The summed E-state index contributed by atoms with van der Waals surface area (Å²) in [5.41, 5.74) is 3.84. The molecule has 0 aliphatic rings. The van der Waals surface area contributed by atoms with Gasteiger partial charge in [0.25, 0.3) is 5.91 Å². The maximum atomic E-state index is 12.6. The first-order chi connectivity index (χ1) is 16.6. The van der Waals surface area contributed by atoms with Crippen molar-refractivity contribution in [1.82, 2.24) is 10.5 Å². The number of nitrogens with zero attached hydrogens (tertiary/aromatic N) is 2. The minimum atomic E-state index is -3.63. The zero-order chi connectivity index (χ0) is 26.2. The van der Waals surface area contributed by atoms with E-state index in [1.807, 2.05) is 13.0 Å². The van der Waals surface area contributed by atoms with E-state index in [0.717, 1.165) is 10.6 Å². The van der Waals surface area contributed by atoms with Gasteiger partial charge in [-0.1, -0.05) is 30.3 Å². The number of allylic oxidation sites excluding steroid dienone is 3. The molecule has 0 saturated carbocycles. The van der Waals surface area contributed by atoms with E-state index in [2.05, 4.69) is 27.7 Å². The van der Waals surface area contributed by atoms with Gasteiger partial charge in [0.05, 0.1) is 53.8 Å². The van der Waals surface area contributed by atoms with Crippen molar-refractivity contribution in [3.63, 3.8) is 0 Å². The standard InChI is InChI=1S/C23H28ClN5O5S/c1-7-10-17(20(8-2)33-4)27-21-13-19(15(14-25-21)23(30)28-34-5)26-18-12-9-11-16(24)22(18)29(3)35(6,31)32/h7-14H,2H2,1,3-6H3,(H,28,30)(H2,25,26,27)/b10-7-,20-17-. The molecular weight excluding hydrogens is 494 g/mol. The SMILES string of the molecule is C=C/C(OC)=C(\C=C/C)Nc1cc(Nc2cccc(Cl)c2N(C)S(C)(=O)=O)c(C(=O)NOC)cn1. The lowest BCUT2D eigenvalue weighted by atomic mass is 10.2. The van der Waals surface area contributed by atoms with Crippen LogP contribution in [0, 0.1) is 0 Å². The second-order valence-corrected chi connectivity index (χ2v) is 9.47. The largest absolute Gasteiger partial charge is 0.495 e. The average Bonchev–Trinajstić information content (AvgIpc) is 2.79. The number of nitrogens with one attached hydrogen (secondary N) is 3. The first kappa shape index (κ1) is 27.7. The number of benzene rings is 1. The van der Waals surface area contributed by atoms with Gasteiger partial charge in [0, 0.05) is 19.3 Å². The van der Waals surface area contributed by atoms with Gasteiger partial charge in [0.2, 0.25) is 10.0 Å². The highest BCUT2D eigenvalue weighted by molar-refractivity contribution is 7.92. The third-order valence-corrected chi connectivity index (χ3v) is 6.16. The summed E-state index contributed by atoms with van der Waals surface area (Å²) in [6.45, 7) is 5.58. The Labute approximate surface area is 210 Å². The highest BCUT2D eigenvalue weighted by atomic mass is 35.5. The van der Waals surface area contributed by atoms with Crippen LogP contribution in [0.25, 0.3) is 0 Å². The smallest absolute Gasteiger partial charge is 0.278 e. The molecule has 1 aromatic heterocycles. The van der Waals surface area contributed by atoms with Gasteiger partial charge in [-0.05, 0) is 31.2 Å². The number of amides is 1. The Kier molecular flexibility index (Phi) is 9.69. The number of hydrogen-bond acceptors (Lipinski definition) is 8. The first-order valence-electron chi connectivity index (χ1n) is 10.2. The molecule has 12 heteroatoms. The molecule has 1 aromatic carbocycles. The van der Waals surface area contributed by atoms with E-state index < -0.39 is 15.9 Å². The van der Waals surface area contributed by atoms with Gasteiger partial charge in [-0.15, -0.1) is 0 Å². The number of para-hydroxylation sites is 1. The predicted molar refractivity (Wildman–Crippen MR) is 139 cm³/mol. The number of carbonyl (C=O) groups is 1. The van der Waals surface area contributed by atoms with Crippen molar-refractivity contribution >= 4 is 50.4 Å². The average molecular weight is 522 g/mol. The molecule has 0 radical (unpaired) electrons. The van der Waals surface area contributed by atoms with Crippen molar-refractivity contribution in [2.75, 3.05) is 42.5 Å². The molecule has 1 amide bonds. The number of aromatic nitrogens is 1. The van der Waals surface area contributed by atoms with Crippen molar-refractivity contribution in [3.05, 3.63) is 77.3 Å². The van der Waals surface area contributed by atoms with Crippen LogP contribution in [0.15, 0.2) is 66.7 Å². The highest BCUT2D eigenvalue weighted by Gasteiger charge is 2.21. The summed E-state index contributed by atoms with van der Waals surface area (Å²) in [5.74, 6) is 0.278. The van der Waals surface area contributed by atoms with Crippen LogP contribution in [-0.2, 0) is 19.6 Å². The third-order valence-electron chi connectivity index (χ3n) is 4.68. The maximum absolute atomic E-state index is 12.6. The Balaban J connectivity index is 2.65. The normalized spacial score (nSPS) is 12.1. The number of pyridine rings is 1. The summed E-state index contributed by atoms with van der Waals surface area (Å²) in [6.07, 6.45) is 7.53. The Morgan fingerprint density at radius 3 is 2.54 bits per heavy atom. The van der Waals surface area contributed by atoms with Gasteiger partial charge in [0.15, 0.2) is 0 Å². The molecule has 10 nitrogen and oxygen atoms in total. The molecule has 0 bridgehead atoms. The van der Waals surface area contributed by atoms with E-state index in [1.54, 1.807) is 36.4 Å². The summed E-state index contributed by atoms with van der Waals surface area (Å²) >= 11 is 6.34. The maximum Gasteiger partial charge on any atom is 0.278 e. The summed E-state index contributed by atoms with van der Waals surface area (Å²) < 4.78 is 30.8. The van der Waals surface area contributed by atoms with E-state index >= 15 is 0 Å². The molecule has 0 aliphatic heterocycles. The van der Waals surface area contributed by atoms with Crippen LogP contribution in [0.1, 0.15) is 17.3 Å².